The molecule has 1 heterocycles. The maximum atomic E-state index is 9.76. The van der Waals surface area contributed by atoms with Gasteiger partial charge in [-0.25, -0.2) is 0 Å². The van der Waals surface area contributed by atoms with Crippen LogP contribution in [0.15, 0.2) is 18.2 Å². The molecule has 96 valence electrons. The molecule has 1 saturated heterocycles. The topological polar surface area (TPSA) is 35.8 Å². The van der Waals surface area contributed by atoms with E-state index in [0.29, 0.717) is 0 Å². The van der Waals surface area contributed by atoms with E-state index in [4.69, 9.17) is 0 Å². The number of nitriles is 1. The van der Waals surface area contributed by atoms with E-state index in [0.717, 1.165) is 19.4 Å². The van der Waals surface area contributed by atoms with Gasteiger partial charge in [-0.3, -0.25) is 0 Å². The predicted octanol–water partition coefficient (Wildman–Crippen LogP) is 3.23. The molecule has 0 aliphatic carbocycles. The van der Waals surface area contributed by atoms with Crippen molar-refractivity contribution in [3.8, 4) is 6.07 Å². The zero-order chi connectivity index (χ0) is 13.4. The Labute approximate surface area is 110 Å². The number of nitrogens with one attached hydrogen (secondary N) is 1. The van der Waals surface area contributed by atoms with E-state index in [2.05, 4.69) is 57.3 Å². The van der Waals surface area contributed by atoms with Crippen LogP contribution in [0.3, 0.4) is 0 Å². The Balaban J connectivity index is 2.50. The van der Waals surface area contributed by atoms with Gasteiger partial charge in [-0.15, -0.1) is 0 Å². The molecule has 1 N–H and O–H groups in total. The Morgan fingerprint density at radius 3 is 2.61 bits per heavy atom. The van der Waals surface area contributed by atoms with E-state index in [-0.39, 0.29) is 11.0 Å². The summed E-state index contributed by atoms with van der Waals surface area (Å²) in [5.41, 5.74) is 3.40. The second kappa shape index (κ2) is 4.40. The molecule has 1 aliphatic heterocycles. The van der Waals surface area contributed by atoms with Gasteiger partial charge in [-0.1, -0.05) is 23.8 Å². The molecule has 1 aromatic rings. The molecule has 0 aromatic heterocycles. The van der Waals surface area contributed by atoms with Gasteiger partial charge in [0.05, 0.1) is 11.5 Å². The van der Waals surface area contributed by atoms with Crippen LogP contribution in [-0.2, 0) is 5.41 Å². The molecule has 0 spiro atoms. The fourth-order valence-corrected chi connectivity index (χ4v) is 3.16. The number of piperidine rings is 1. The van der Waals surface area contributed by atoms with Crippen LogP contribution in [0.2, 0.25) is 0 Å². The Kier molecular flexibility index (Phi) is 3.21. The maximum absolute atomic E-state index is 9.76. The smallest absolute Gasteiger partial charge is 0.0854 e. The number of benzene rings is 1. The third-order valence-electron chi connectivity index (χ3n) is 4.02. The highest BCUT2D eigenvalue weighted by Crippen LogP contribution is 2.40. The third kappa shape index (κ3) is 2.28. The van der Waals surface area contributed by atoms with Crippen LogP contribution in [0.1, 0.15) is 43.4 Å². The fourth-order valence-electron chi connectivity index (χ4n) is 3.16. The predicted molar refractivity (Wildman–Crippen MR) is 74.5 cm³/mol. The molecular weight excluding hydrogens is 220 g/mol. The monoisotopic (exact) mass is 242 g/mol. The zero-order valence-corrected chi connectivity index (χ0v) is 11.8. The molecule has 2 nitrogen and oxygen atoms in total. The van der Waals surface area contributed by atoms with Gasteiger partial charge in [0, 0.05) is 5.54 Å². The molecule has 1 atom stereocenters. The van der Waals surface area contributed by atoms with Crippen LogP contribution in [-0.4, -0.2) is 12.1 Å². The first-order valence-corrected chi connectivity index (χ1v) is 6.63. The summed E-state index contributed by atoms with van der Waals surface area (Å²) in [5, 5.41) is 13.3. The summed E-state index contributed by atoms with van der Waals surface area (Å²) in [4.78, 5) is 0. The minimum atomic E-state index is -0.329. The second-order valence-corrected chi connectivity index (χ2v) is 6.25. The Hall–Kier alpha value is -1.33. The molecule has 0 radical (unpaired) electrons. The average molecular weight is 242 g/mol. The van der Waals surface area contributed by atoms with Crippen LogP contribution in [0.4, 0.5) is 0 Å². The molecule has 1 unspecified atom stereocenters. The van der Waals surface area contributed by atoms with E-state index < -0.39 is 0 Å². The van der Waals surface area contributed by atoms with Crippen molar-refractivity contribution in [2.75, 3.05) is 6.54 Å². The van der Waals surface area contributed by atoms with Gasteiger partial charge in [-0.05, 0) is 58.2 Å². The summed E-state index contributed by atoms with van der Waals surface area (Å²) in [7, 11) is 0. The van der Waals surface area contributed by atoms with E-state index in [1.807, 2.05) is 0 Å². The van der Waals surface area contributed by atoms with Gasteiger partial charge < -0.3 is 5.32 Å². The second-order valence-electron chi connectivity index (χ2n) is 6.25. The van der Waals surface area contributed by atoms with Gasteiger partial charge in [0.1, 0.15) is 0 Å². The standard InChI is InChI=1S/C16H22N2/c1-12-5-6-13(2)14(9-12)16(11-17)7-8-18-15(3,4)10-16/h5-6,9,18H,7-8,10H2,1-4H3. The summed E-state index contributed by atoms with van der Waals surface area (Å²) < 4.78 is 0. The van der Waals surface area contributed by atoms with Crippen LogP contribution in [0.5, 0.6) is 0 Å². The van der Waals surface area contributed by atoms with Crippen molar-refractivity contribution < 1.29 is 0 Å². The number of rotatable bonds is 1. The largest absolute Gasteiger partial charge is 0.312 e. The molecule has 0 bridgehead atoms. The maximum Gasteiger partial charge on any atom is 0.0854 e. The lowest BCUT2D eigenvalue weighted by Gasteiger charge is -2.42. The van der Waals surface area contributed by atoms with E-state index in [9.17, 15) is 5.26 Å². The lowest BCUT2D eigenvalue weighted by atomic mass is 9.67. The summed E-state index contributed by atoms with van der Waals surface area (Å²) in [5.74, 6) is 0. The van der Waals surface area contributed by atoms with E-state index in [1.165, 1.54) is 16.7 Å². The molecule has 2 heteroatoms. The minimum absolute atomic E-state index is 0.0319. The van der Waals surface area contributed by atoms with Crippen LogP contribution >= 0.6 is 0 Å². The zero-order valence-electron chi connectivity index (χ0n) is 11.8. The van der Waals surface area contributed by atoms with Gasteiger partial charge in [0.25, 0.3) is 0 Å². The lowest BCUT2D eigenvalue weighted by molar-refractivity contribution is 0.233. The summed E-state index contributed by atoms with van der Waals surface area (Å²) in [6, 6.07) is 9.07. The average Bonchev–Trinajstić information content (AvgIpc) is 2.31. The summed E-state index contributed by atoms with van der Waals surface area (Å²) in [6.07, 6.45) is 1.78. The molecule has 2 rings (SSSR count). The minimum Gasteiger partial charge on any atom is -0.312 e. The highest BCUT2D eigenvalue weighted by Gasteiger charge is 2.42. The van der Waals surface area contributed by atoms with Crippen molar-refractivity contribution in [1.29, 1.82) is 5.26 Å². The molecule has 0 amide bonds. The van der Waals surface area contributed by atoms with Crippen molar-refractivity contribution in [1.82, 2.24) is 5.32 Å². The molecule has 1 aromatic carbocycles. The molecule has 0 saturated carbocycles. The van der Waals surface area contributed by atoms with Crippen molar-refractivity contribution in [3.63, 3.8) is 0 Å². The number of aryl methyl sites for hydroxylation is 2. The van der Waals surface area contributed by atoms with Crippen molar-refractivity contribution in [3.05, 3.63) is 34.9 Å². The van der Waals surface area contributed by atoms with Crippen molar-refractivity contribution in [2.45, 2.75) is 51.5 Å². The first-order valence-electron chi connectivity index (χ1n) is 6.63. The number of hydrogen-bond acceptors (Lipinski definition) is 2. The summed E-state index contributed by atoms with van der Waals surface area (Å²) in [6.45, 7) is 9.49. The van der Waals surface area contributed by atoms with Gasteiger partial charge in [0.2, 0.25) is 0 Å². The van der Waals surface area contributed by atoms with Gasteiger partial charge in [0.15, 0.2) is 0 Å². The first-order chi connectivity index (χ1) is 8.38. The van der Waals surface area contributed by atoms with Gasteiger partial charge in [-0.2, -0.15) is 5.26 Å². The Morgan fingerprint density at radius 2 is 2.00 bits per heavy atom. The number of hydrogen-bond donors (Lipinski definition) is 1. The molecular formula is C16H22N2. The lowest BCUT2D eigenvalue weighted by Crippen LogP contribution is -2.52. The molecule has 1 fully saturated rings. The normalized spacial score (nSPS) is 26.6. The number of nitrogens with zero attached hydrogens (tertiary/aromatic N) is 1. The Morgan fingerprint density at radius 1 is 1.28 bits per heavy atom. The Bertz CT molecular complexity index is 496. The third-order valence-corrected chi connectivity index (χ3v) is 4.02. The first kappa shape index (κ1) is 13.1. The quantitative estimate of drug-likeness (QED) is 0.820. The highest BCUT2D eigenvalue weighted by molar-refractivity contribution is 5.42. The fraction of sp³-hybridized carbons (Fsp3) is 0.562. The van der Waals surface area contributed by atoms with Crippen molar-refractivity contribution in [2.24, 2.45) is 0 Å². The SMILES string of the molecule is Cc1ccc(C)c(C2(C#N)CCNC(C)(C)C2)c1. The summed E-state index contributed by atoms with van der Waals surface area (Å²) >= 11 is 0. The molecule has 18 heavy (non-hydrogen) atoms. The van der Waals surface area contributed by atoms with E-state index >= 15 is 0 Å². The van der Waals surface area contributed by atoms with Crippen LogP contribution in [0, 0.1) is 25.2 Å². The van der Waals surface area contributed by atoms with Gasteiger partial charge >= 0.3 is 0 Å². The van der Waals surface area contributed by atoms with E-state index in [1.54, 1.807) is 0 Å². The van der Waals surface area contributed by atoms with Crippen LogP contribution in [0.25, 0.3) is 0 Å². The molecule has 1 aliphatic rings. The van der Waals surface area contributed by atoms with Crippen molar-refractivity contribution >= 4 is 0 Å². The van der Waals surface area contributed by atoms with Crippen LogP contribution < -0.4 is 5.32 Å². The highest BCUT2D eigenvalue weighted by atomic mass is 15.0.